The molecule has 0 atom stereocenters. The van der Waals surface area contributed by atoms with E-state index in [1.165, 1.54) is 12.3 Å². The summed E-state index contributed by atoms with van der Waals surface area (Å²) in [5.74, 6) is 1.10. The molecule has 1 aliphatic rings. The van der Waals surface area contributed by atoms with E-state index in [9.17, 15) is 9.59 Å². The first-order valence-corrected chi connectivity index (χ1v) is 7.04. The van der Waals surface area contributed by atoms with E-state index in [0.717, 1.165) is 5.56 Å². The number of carbonyl (C=O) groups excluding carboxylic acids is 1. The molecule has 1 N–H and O–H groups in total. The molecule has 2 heterocycles. The summed E-state index contributed by atoms with van der Waals surface area (Å²) < 4.78 is 10.6. The highest BCUT2D eigenvalue weighted by atomic mass is 16.7. The van der Waals surface area contributed by atoms with Crippen molar-refractivity contribution in [3.05, 3.63) is 58.0 Å². The maximum atomic E-state index is 12.5. The van der Waals surface area contributed by atoms with Gasteiger partial charge in [0.1, 0.15) is 5.56 Å². The van der Waals surface area contributed by atoms with E-state index in [1.807, 2.05) is 25.1 Å². The second-order valence-electron chi connectivity index (χ2n) is 4.92. The molecule has 3 rings (SSSR count). The number of benzene rings is 1. The van der Waals surface area contributed by atoms with Gasteiger partial charge in [0.2, 0.25) is 6.79 Å². The Bertz CT molecular complexity index is 754. The van der Waals surface area contributed by atoms with E-state index >= 15 is 0 Å². The lowest BCUT2D eigenvalue weighted by atomic mass is 10.1. The summed E-state index contributed by atoms with van der Waals surface area (Å²) in [6.07, 6.45) is 1.51. The Kier molecular flexibility index (Phi) is 3.82. The van der Waals surface area contributed by atoms with Crippen molar-refractivity contribution in [3.63, 3.8) is 0 Å². The molecule has 0 bridgehead atoms. The molecular weight excluding hydrogens is 284 g/mol. The number of ether oxygens (including phenoxy) is 2. The highest BCUT2D eigenvalue weighted by molar-refractivity contribution is 5.93. The molecule has 1 aliphatic heterocycles. The minimum absolute atomic E-state index is 0.144. The average molecular weight is 300 g/mol. The van der Waals surface area contributed by atoms with Crippen LogP contribution in [-0.2, 0) is 6.54 Å². The lowest BCUT2D eigenvalue weighted by molar-refractivity contribution is 0.0750. The molecule has 0 aliphatic carbocycles. The highest BCUT2D eigenvalue weighted by Gasteiger charge is 2.19. The van der Waals surface area contributed by atoms with Gasteiger partial charge in [-0.15, -0.1) is 0 Å². The number of aromatic amines is 1. The van der Waals surface area contributed by atoms with Gasteiger partial charge in [-0.05, 0) is 36.8 Å². The molecule has 0 fully saturated rings. The molecule has 0 saturated heterocycles. The standard InChI is InChI=1S/C16H16N2O4/c1-2-18(16(20)12-4-3-7-17-15(12)19)9-11-5-6-13-14(8-11)22-10-21-13/h3-8H,2,9-10H2,1H3,(H,17,19). The van der Waals surface area contributed by atoms with E-state index in [0.29, 0.717) is 24.6 Å². The van der Waals surface area contributed by atoms with Gasteiger partial charge in [0, 0.05) is 19.3 Å². The fourth-order valence-electron chi connectivity index (χ4n) is 2.35. The normalized spacial score (nSPS) is 12.2. The number of amides is 1. The van der Waals surface area contributed by atoms with Gasteiger partial charge >= 0.3 is 0 Å². The number of hydrogen-bond acceptors (Lipinski definition) is 4. The number of pyridine rings is 1. The van der Waals surface area contributed by atoms with Gasteiger partial charge in [0.05, 0.1) is 0 Å². The van der Waals surface area contributed by atoms with Gasteiger partial charge in [0.15, 0.2) is 11.5 Å². The van der Waals surface area contributed by atoms with Gasteiger partial charge in [-0.3, -0.25) is 9.59 Å². The minimum Gasteiger partial charge on any atom is -0.454 e. The SMILES string of the molecule is CCN(Cc1ccc2c(c1)OCO2)C(=O)c1ccc[nH]c1=O. The molecule has 1 amide bonds. The molecule has 1 aromatic carbocycles. The predicted octanol–water partition coefficient (Wildman–Crippen LogP) is 1.77. The van der Waals surface area contributed by atoms with Crippen LogP contribution in [0.15, 0.2) is 41.3 Å². The molecule has 0 saturated carbocycles. The highest BCUT2D eigenvalue weighted by Crippen LogP contribution is 2.32. The number of rotatable bonds is 4. The van der Waals surface area contributed by atoms with Gasteiger partial charge in [-0.2, -0.15) is 0 Å². The zero-order chi connectivity index (χ0) is 15.5. The van der Waals surface area contributed by atoms with Gasteiger partial charge in [-0.1, -0.05) is 6.07 Å². The van der Waals surface area contributed by atoms with E-state index < -0.39 is 0 Å². The van der Waals surface area contributed by atoms with Crippen molar-refractivity contribution in [2.24, 2.45) is 0 Å². The van der Waals surface area contributed by atoms with E-state index in [2.05, 4.69) is 4.98 Å². The van der Waals surface area contributed by atoms with Gasteiger partial charge < -0.3 is 19.4 Å². The number of fused-ring (bicyclic) bond motifs is 1. The van der Waals surface area contributed by atoms with Gasteiger partial charge in [0.25, 0.3) is 11.5 Å². The monoisotopic (exact) mass is 300 g/mol. The van der Waals surface area contributed by atoms with Crippen molar-refractivity contribution in [2.75, 3.05) is 13.3 Å². The van der Waals surface area contributed by atoms with Crippen LogP contribution in [0.4, 0.5) is 0 Å². The van der Waals surface area contributed by atoms with Crippen molar-refractivity contribution in [3.8, 4) is 11.5 Å². The van der Waals surface area contributed by atoms with Crippen LogP contribution >= 0.6 is 0 Å². The van der Waals surface area contributed by atoms with Crippen molar-refractivity contribution in [1.29, 1.82) is 0 Å². The molecule has 22 heavy (non-hydrogen) atoms. The summed E-state index contributed by atoms with van der Waals surface area (Å²) in [4.78, 5) is 28.4. The Balaban J connectivity index is 1.81. The molecule has 0 unspecified atom stereocenters. The number of hydrogen-bond donors (Lipinski definition) is 1. The molecule has 6 nitrogen and oxygen atoms in total. The Morgan fingerprint density at radius 2 is 2.09 bits per heavy atom. The van der Waals surface area contributed by atoms with Crippen LogP contribution in [0.1, 0.15) is 22.8 Å². The lowest BCUT2D eigenvalue weighted by Crippen LogP contribution is -2.34. The molecule has 0 radical (unpaired) electrons. The predicted molar refractivity (Wildman–Crippen MR) is 80.0 cm³/mol. The first-order valence-electron chi connectivity index (χ1n) is 7.04. The minimum atomic E-state index is -0.378. The maximum Gasteiger partial charge on any atom is 0.260 e. The van der Waals surface area contributed by atoms with Crippen LogP contribution < -0.4 is 15.0 Å². The molecule has 2 aromatic rings. The Morgan fingerprint density at radius 3 is 2.86 bits per heavy atom. The summed E-state index contributed by atoms with van der Waals surface area (Å²) in [7, 11) is 0. The van der Waals surface area contributed by atoms with E-state index in [4.69, 9.17) is 9.47 Å². The van der Waals surface area contributed by atoms with Crippen LogP contribution in [0.5, 0.6) is 11.5 Å². The molecule has 6 heteroatoms. The Labute approximate surface area is 127 Å². The van der Waals surface area contributed by atoms with Crippen LogP contribution in [0, 0.1) is 0 Å². The summed E-state index contributed by atoms with van der Waals surface area (Å²) in [5, 5.41) is 0. The van der Waals surface area contributed by atoms with Crippen LogP contribution in [0.3, 0.4) is 0 Å². The van der Waals surface area contributed by atoms with Crippen molar-refractivity contribution >= 4 is 5.91 Å². The molecule has 114 valence electrons. The van der Waals surface area contributed by atoms with Crippen molar-refractivity contribution < 1.29 is 14.3 Å². The average Bonchev–Trinajstić information content (AvgIpc) is 3.00. The summed E-state index contributed by atoms with van der Waals surface area (Å²) >= 11 is 0. The second-order valence-corrected chi connectivity index (χ2v) is 4.92. The smallest absolute Gasteiger partial charge is 0.260 e. The van der Waals surface area contributed by atoms with E-state index in [-0.39, 0.29) is 23.8 Å². The third kappa shape index (κ3) is 2.67. The zero-order valence-corrected chi connectivity index (χ0v) is 12.2. The largest absolute Gasteiger partial charge is 0.454 e. The number of nitrogens with zero attached hydrogens (tertiary/aromatic N) is 1. The second kappa shape index (κ2) is 5.93. The summed E-state index contributed by atoms with van der Waals surface area (Å²) in [6, 6.07) is 8.74. The third-order valence-electron chi connectivity index (χ3n) is 3.53. The Hall–Kier alpha value is -2.76. The van der Waals surface area contributed by atoms with Crippen LogP contribution in [0.2, 0.25) is 0 Å². The first-order chi connectivity index (χ1) is 10.7. The first kappa shape index (κ1) is 14.2. The number of carbonyl (C=O) groups is 1. The Morgan fingerprint density at radius 1 is 1.27 bits per heavy atom. The summed E-state index contributed by atoms with van der Waals surface area (Å²) in [5.41, 5.74) is 0.688. The van der Waals surface area contributed by atoms with E-state index in [1.54, 1.807) is 11.0 Å². The number of nitrogens with one attached hydrogen (secondary N) is 1. The van der Waals surface area contributed by atoms with Crippen LogP contribution in [0.25, 0.3) is 0 Å². The fraction of sp³-hybridized carbons (Fsp3) is 0.250. The number of H-pyrrole nitrogens is 1. The quantitative estimate of drug-likeness (QED) is 0.934. The van der Waals surface area contributed by atoms with Crippen molar-refractivity contribution in [2.45, 2.75) is 13.5 Å². The fourth-order valence-corrected chi connectivity index (χ4v) is 2.35. The third-order valence-corrected chi connectivity index (χ3v) is 3.53. The van der Waals surface area contributed by atoms with Gasteiger partial charge in [-0.25, -0.2) is 0 Å². The zero-order valence-electron chi connectivity index (χ0n) is 12.2. The molecule has 1 aromatic heterocycles. The summed E-state index contributed by atoms with van der Waals surface area (Å²) in [6.45, 7) is 3.00. The maximum absolute atomic E-state index is 12.5. The molecule has 0 spiro atoms. The topological polar surface area (TPSA) is 71.6 Å². The van der Waals surface area contributed by atoms with Crippen molar-refractivity contribution in [1.82, 2.24) is 9.88 Å². The molecular formula is C16H16N2O4. The number of aromatic nitrogens is 1. The van der Waals surface area contributed by atoms with Crippen LogP contribution in [-0.4, -0.2) is 29.1 Å². The lowest BCUT2D eigenvalue weighted by Gasteiger charge is -2.20.